The number of aliphatic hydroxyl groups excluding tert-OH is 1. The third-order valence-corrected chi connectivity index (χ3v) is 5.78. The Labute approximate surface area is 197 Å². The first-order valence-corrected chi connectivity index (χ1v) is 10.6. The maximum atomic E-state index is 13.1. The van der Waals surface area contributed by atoms with Crippen molar-refractivity contribution < 1.29 is 24.2 Å². The van der Waals surface area contributed by atoms with Gasteiger partial charge in [-0.15, -0.1) is 12.4 Å². The van der Waals surface area contributed by atoms with Gasteiger partial charge < -0.3 is 25.8 Å². The van der Waals surface area contributed by atoms with Crippen molar-refractivity contribution in [3.63, 3.8) is 0 Å². The highest BCUT2D eigenvalue weighted by Crippen LogP contribution is 2.26. The first kappa shape index (κ1) is 27.4. The van der Waals surface area contributed by atoms with Crippen LogP contribution in [0.1, 0.15) is 45.2 Å². The second-order valence-electron chi connectivity index (χ2n) is 8.63. The van der Waals surface area contributed by atoms with Crippen molar-refractivity contribution in [3.05, 3.63) is 34.3 Å². The molecule has 1 aromatic carbocycles. The number of ether oxygens (including phenoxy) is 1. The molecule has 4 atom stereocenters. The molecular weight excluding hydrogens is 490 g/mol. The molecule has 174 valence electrons. The van der Waals surface area contributed by atoms with E-state index in [1.165, 1.54) is 12.0 Å². The zero-order chi connectivity index (χ0) is 22.6. The molecule has 0 spiro atoms. The number of likely N-dealkylation sites (tertiary alicyclic amines) is 1. The summed E-state index contributed by atoms with van der Waals surface area (Å²) in [7, 11) is 1.28. The minimum absolute atomic E-state index is 0. The van der Waals surface area contributed by atoms with Crippen molar-refractivity contribution >= 4 is 46.1 Å². The number of rotatable bonds is 6. The summed E-state index contributed by atoms with van der Waals surface area (Å²) < 4.78 is 5.62. The van der Waals surface area contributed by atoms with E-state index in [1.807, 2.05) is 32.9 Å². The van der Waals surface area contributed by atoms with Crippen LogP contribution in [0.2, 0.25) is 0 Å². The van der Waals surface area contributed by atoms with E-state index in [9.17, 15) is 19.5 Å². The summed E-state index contributed by atoms with van der Waals surface area (Å²) in [6, 6.07) is 4.89. The molecule has 31 heavy (non-hydrogen) atoms. The van der Waals surface area contributed by atoms with E-state index in [1.54, 1.807) is 12.1 Å². The van der Waals surface area contributed by atoms with Crippen LogP contribution in [-0.2, 0) is 19.1 Å². The molecule has 0 radical (unpaired) electrons. The maximum absolute atomic E-state index is 13.1. The molecule has 1 saturated heterocycles. The lowest BCUT2D eigenvalue weighted by atomic mass is 9.86. The van der Waals surface area contributed by atoms with E-state index in [0.717, 1.165) is 10.0 Å². The largest absolute Gasteiger partial charge is 0.469 e. The zero-order valence-electron chi connectivity index (χ0n) is 18.1. The molecular formula is C21H31BrClN3O5. The second kappa shape index (κ2) is 11.3. The fraction of sp³-hybridized carbons (Fsp3) is 0.571. The van der Waals surface area contributed by atoms with Gasteiger partial charge in [-0.05, 0) is 23.1 Å². The standard InChI is InChI=1S/C21H30BrN3O5.ClH/c1-21(2,3)18(23)20(29)25-11-14(26)9-16(25)19(28)24-15(10-17(27)30-4)12-5-7-13(22)8-6-12;/h5-8,14-16,18,26H,9-11,23H2,1-4H3,(H,24,28);1H/t14-,15+,16+,18-;/m1./s1. The number of benzene rings is 1. The molecule has 8 nitrogen and oxygen atoms in total. The lowest BCUT2D eigenvalue weighted by Gasteiger charge is -2.33. The first-order valence-electron chi connectivity index (χ1n) is 9.80. The topological polar surface area (TPSA) is 122 Å². The minimum atomic E-state index is -0.864. The molecule has 1 aliphatic rings. The summed E-state index contributed by atoms with van der Waals surface area (Å²) in [5.41, 5.74) is 6.33. The quantitative estimate of drug-likeness (QED) is 0.493. The van der Waals surface area contributed by atoms with Crippen molar-refractivity contribution in [2.24, 2.45) is 11.1 Å². The number of methoxy groups -OCH3 is 1. The average molecular weight is 521 g/mol. The highest BCUT2D eigenvalue weighted by atomic mass is 79.9. The number of amides is 2. The molecule has 0 unspecified atom stereocenters. The highest BCUT2D eigenvalue weighted by molar-refractivity contribution is 9.10. The Balaban J connectivity index is 0.00000480. The van der Waals surface area contributed by atoms with Gasteiger partial charge in [0.25, 0.3) is 0 Å². The van der Waals surface area contributed by atoms with Crippen LogP contribution in [0.3, 0.4) is 0 Å². The Bertz CT molecular complexity index is 784. The number of aliphatic hydroxyl groups is 1. The lowest BCUT2D eigenvalue weighted by molar-refractivity contribution is -0.143. The average Bonchev–Trinajstić information content (AvgIpc) is 3.07. The Morgan fingerprint density at radius 1 is 1.29 bits per heavy atom. The number of hydrogen-bond acceptors (Lipinski definition) is 6. The molecule has 2 amide bonds. The summed E-state index contributed by atoms with van der Waals surface area (Å²) in [5, 5.41) is 13.0. The third kappa shape index (κ3) is 7.17. The van der Waals surface area contributed by atoms with Gasteiger partial charge in [-0.1, -0.05) is 48.8 Å². The second-order valence-corrected chi connectivity index (χ2v) is 9.55. The van der Waals surface area contributed by atoms with E-state index in [-0.39, 0.29) is 37.7 Å². The molecule has 0 bridgehead atoms. The first-order chi connectivity index (χ1) is 13.9. The molecule has 0 saturated carbocycles. The monoisotopic (exact) mass is 519 g/mol. The van der Waals surface area contributed by atoms with Gasteiger partial charge in [0.1, 0.15) is 6.04 Å². The van der Waals surface area contributed by atoms with Gasteiger partial charge in [-0.3, -0.25) is 14.4 Å². The molecule has 0 aliphatic carbocycles. The number of carbonyl (C=O) groups excluding carboxylic acids is 3. The summed E-state index contributed by atoms with van der Waals surface area (Å²) in [6.45, 7) is 5.58. The van der Waals surface area contributed by atoms with Gasteiger partial charge in [-0.25, -0.2) is 0 Å². The van der Waals surface area contributed by atoms with Crippen molar-refractivity contribution in [3.8, 4) is 0 Å². The predicted molar refractivity (Wildman–Crippen MR) is 122 cm³/mol. The number of nitrogens with one attached hydrogen (secondary N) is 1. The fourth-order valence-electron chi connectivity index (χ4n) is 3.32. The highest BCUT2D eigenvalue weighted by Gasteiger charge is 2.43. The van der Waals surface area contributed by atoms with Crippen LogP contribution in [0, 0.1) is 5.41 Å². The number of nitrogens with zero attached hydrogens (tertiary/aromatic N) is 1. The van der Waals surface area contributed by atoms with Gasteiger partial charge in [0.2, 0.25) is 11.8 Å². The van der Waals surface area contributed by atoms with Gasteiger partial charge in [-0.2, -0.15) is 0 Å². The Morgan fingerprint density at radius 2 is 1.87 bits per heavy atom. The van der Waals surface area contributed by atoms with Gasteiger partial charge in [0, 0.05) is 17.4 Å². The fourth-order valence-corrected chi connectivity index (χ4v) is 3.58. The van der Waals surface area contributed by atoms with Crippen molar-refractivity contribution in [2.45, 2.75) is 57.8 Å². The van der Waals surface area contributed by atoms with Gasteiger partial charge in [0.15, 0.2) is 0 Å². The van der Waals surface area contributed by atoms with Crippen LogP contribution in [-0.4, -0.2) is 59.6 Å². The molecule has 1 aliphatic heterocycles. The van der Waals surface area contributed by atoms with Crippen LogP contribution in [0.4, 0.5) is 0 Å². The van der Waals surface area contributed by atoms with Crippen LogP contribution < -0.4 is 11.1 Å². The number of hydrogen-bond donors (Lipinski definition) is 3. The van der Waals surface area contributed by atoms with Crippen LogP contribution in [0.15, 0.2) is 28.7 Å². The molecule has 0 aromatic heterocycles. The summed E-state index contributed by atoms with van der Waals surface area (Å²) in [6.07, 6.45) is -0.766. The number of halogens is 2. The minimum Gasteiger partial charge on any atom is -0.469 e. The molecule has 1 aromatic rings. The number of carbonyl (C=O) groups is 3. The summed E-state index contributed by atoms with van der Waals surface area (Å²) in [4.78, 5) is 39.2. The van der Waals surface area contributed by atoms with E-state index in [4.69, 9.17) is 10.5 Å². The van der Waals surface area contributed by atoms with Crippen molar-refractivity contribution in [2.75, 3.05) is 13.7 Å². The van der Waals surface area contributed by atoms with Crippen LogP contribution in [0.5, 0.6) is 0 Å². The molecule has 1 heterocycles. The Hall–Kier alpha value is -1.68. The van der Waals surface area contributed by atoms with E-state index in [2.05, 4.69) is 21.2 Å². The van der Waals surface area contributed by atoms with Crippen LogP contribution >= 0.6 is 28.3 Å². The third-order valence-electron chi connectivity index (χ3n) is 5.25. The number of nitrogens with two attached hydrogens (primary N) is 1. The zero-order valence-corrected chi connectivity index (χ0v) is 20.5. The summed E-state index contributed by atoms with van der Waals surface area (Å²) in [5.74, 6) is -1.30. The number of esters is 1. The van der Waals surface area contributed by atoms with Gasteiger partial charge >= 0.3 is 5.97 Å². The molecule has 1 fully saturated rings. The van der Waals surface area contributed by atoms with E-state index in [0.29, 0.717) is 0 Å². The molecule has 2 rings (SSSR count). The summed E-state index contributed by atoms with van der Waals surface area (Å²) >= 11 is 3.36. The smallest absolute Gasteiger partial charge is 0.307 e. The Morgan fingerprint density at radius 3 is 2.39 bits per heavy atom. The van der Waals surface area contributed by atoms with Crippen molar-refractivity contribution in [1.82, 2.24) is 10.2 Å². The van der Waals surface area contributed by atoms with Gasteiger partial charge in [0.05, 0.1) is 31.7 Å². The predicted octanol–water partition coefficient (Wildman–Crippen LogP) is 1.93. The van der Waals surface area contributed by atoms with Crippen LogP contribution in [0.25, 0.3) is 0 Å². The lowest BCUT2D eigenvalue weighted by Crippen LogP contribution is -2.55. The van der Waals surface area contributed by atoms with E-state index < -0.39 is 41.5 Å². The Kier molecular flexibility index (Phi) is 9.94. The normalized spacial score (nSPS) is 20.4. The molecule has 10 heteroatoms. The SMILES string of the molecule is COC(=O)C[C@H](NC(=O)[C@@H]1C[C@@H](O)CN1C(=O)[C@@H](N)C(C)(C)C)c1ccc(Br)cc1.Cl. The number of β-amino-alcohol motifs (C(OH)–C–C–N with tert-alkyl or cyclic N) is 1. The van der Waals surface area contributed by atoms with Crippen molar-refractivity contribution in [1.29, 1.82) is 0 Å². The van der Waals surface area contributed by atoms with E-state index >= 15 is 0 Å². The molecule has 4 N–H and O–H groups in total. The maximum Gasteiger partial charge on any atom is 0.307 e.